The van der Waals surface area contributed by atoms with Crippen molar-refractivity contribution in [1.82, 2.24) is 4.98 Å². The van der Waals surface area contributed by atoms with Gasteiger partial charge in [0.15, 0.2) is 0 Å². The molecule has 0 spiro atoms. The van der Waals surface area contributed by atoms with Gasteiger partial charge < -0.3 is 15.2 Å². The van der Waals surface area contributed by atoms with Gasteiger partial charge >= 0.3 is 0 Å². The number of aromatic nitrogens is 1. The van der Waals surface area contributed by atoms with Crippen LogP contribution in [0.25, 0.3) is 0 Å². The number of hydrogen-bond donors (Lipinski definition) is 2. The average molecular weight is 293 g/mol. The lowest BCUT2D eigenvalue weighted by molar-refractivity contribution is 0.277. The van der Waals surface area contributed by atoms with Crippen LogP contribution in [-0.4, -0.2) is 16.6 Å². The molecule has 4 nitrogen and oxygen atoms in total. The van der Waals surface area contributed by atoms with Crippen molar-refractivity contribution in [2.24, 2.45) is 0 Å². The molecular formula is C15H17ClN2O2. The second kappa shape index (κ2) is 7.12. The molecule has 0 atom stereocenters. The van der Waals surface area contributed by atoms with E-state index in [2.05, 4.69) is 10.3 Å². The molecule has 20 heavy (non-hydrogen) atoms. The number of halogens is 1. The molecule has 106 valence electrons. The van der Waals surface area contributed by atoms with Gasteiger partial charge in [0.25, 0.3) is 0 Å². The zero-order chi connectivity index (χ0) is 14.4. The SMILES string of the molecule is CCNc1ccc(Cl)c(COc2cccc(CO)c2)n1. The van der Waals surface area contributed by atoms with Crippen LogP contribution in [0, 0.1) is 0 Å². The maximum absolute atomic E-state index is 9.09. The van der Waals surface area contributed by atoms with Crippen molar-refractivity contribution in [3.63, 3.8) is 0 Å². The van der Waals surface area contributed by atoms with Crippen LogP contribution in [0.5, 0.6) is 5.75 Å². The van der Waals surface area contributed by atoms with Gasteiger partial charge in [-0.1, -0.05) is 23.7 Å². The standard InChI is InChI=1S/C15H17ClN2O2/c1-2-17-15-7-6-13(16)14(18-15)10-20-12-5-3-4-11(8-12)9-19/h3-8,19H,2,9-10H2,1H3,(H,17,18). The van der Waals surface area contributed by atoms with Crippen molar-refractivity contribution in [1.29, 1.82) is 0 Å². The highest BCUT2D eigenvalue weighted by molar-refractivity contribution is 6.31. The molecule has 0 aliphatic rings. The fourth-order valence-electron chi connectivity index (χ4n) is 1.75. The Bertz CT molecular complexity index is 576. The molecule has 0 fully saturated rings. The highest BCUT2D eigenvalue weighted by Gasteiger charge is 2.05. The summed E-state index contributed by atoms with van der Waals surface area (Å²) in [6.45, 7) is 3.08. The monoisotopic (exact) mass is 292 g/mol. The largest absolute Gasteiger partial charge is 0.487 e. The number of ether oxygens (including phenoxy) is 1. The summed E-state index contributed by atoms with van der Waals surface area (Å²) >= 11 is 6.11. The van der Waals surface area contributed by atoms with E-state index in [-0.39, 0.29) is 13.2 Å². The first kappa shape index (κ1) is 14.6. The van der Waals surface area contributed by atoms with Crippen molar-refractivity contribution >= 4 is 17.4 Å². The van der Waals surface area contributed by atoms with Gasteiger partial charge in [-0.2, -0.15) is 0 Å². The molecule has 1 aromatic carbocycles. The Hall–Kier alpha value is -1.78. The zero-order valence-electron chi connectivity index (χ0n) is 11.3. The van der Waals surface area contributed by atoms with Gasteiger partial charge in [-0.05, 0) is 36.8 Å². The number of anilines is 1. The van der Waals surface area contributed by atoms with E-state index in [1.807, 2.05) is 31.2 Å². The summed E-state index contributed by atoms with van der Waals surface area (Å²) in [5.74, 6) is 1.46. The molecule has 2 aromatic rings. The molecule has 0 unspecified atom stereocenters. The molecule has 1 heterocycles. The second-order valence-electron chi connectivity index (χ2n) is 4.25. The Labute approximate surface area is 123 Å². The van der Waals surface area contributed by atoms with Gasteiger partial charge in [0.1, 0.15) is 18.2 Å². The van der Waals surface area contributed by atoms with E-state index in [9.17, 15) is 0 Å². The van der Waals surface area contributed by atoms with Crippen molar-refractivity contribution in [3.8, 4) is 5.75 Å². The van der Waals surface area contributed by atoms with Crippen LogP contribution in [0.1, 0.15) is 18.2 Å². The summed E-state index contributed by atoms with van der Waals surface area (Å²) in [5.41, 5.74) is 1.49. The van der Waals surface area contributed by atoms with Crippen LogP contribution >= 0.6 is 11.6 Å². The summed E-state index contributed by atoms with van der Waals surface area (Å²) in [7, 11) is 0. The molecule has 2 N–H and O–H groups in total. The molecule has 0 bridgehead atoms. The molecule has 5 heteroatoms. The van der Waals surface area contributed by atoms with Crippen LogP contribution < -0.4 is 10.1 Å². The lowest BCUT2D eigenvalue weighted by Crippen LogP contribution is -2.04. The average Bonchev–Trinajstić information content (AvgIpc) is 2.48. The number of nitrogens with one attached hydrogen (secondary N) is 1. The molecule has 2 rings (SSSR count). The molecule has 0 saturated heterocycles. The number of hydrogen-bond acceptors (Lipinski definition) is 4. The molecular weight excluding hydrogens is 276 g/mol. The summed E-state index contributed by atoms with van der Waals surface area (Å²) in [6, 6.07) is 10.9. The highest BCUT2D eigenvalue weighted by Crippen LogP contribution is 2.20. The minimum absolute atomic E-state index is 0.00783. The maximum Gasteiger partial charge on any atom is 0.132 e. The summed E-state index contributed by atoms with van der Waals surface area (Å²) in [6.07, 6.45) is 0. The van der Waals surface area contributed by atoms with Crippen LogP contribution in [0.15, 0.2) is 36.4 Å². The molecule has 0 amide bonds. The van der Waals surface area contributed by atoms with Gasteiger partial charge in [0.05, 0.1) is 17.3 Å². The highest BCUT2D eigenvalue weighted by atomic mass is 35.5. The number of benzene rings is 1. The first-order valence-electron chi connectivity index (χ1n) is 6.45. The van der Waals surface area contributed by atoms with E-state index >= 15 is 0 Å². The van der Waals surface area contributed by atoms with E-state index in [1.54, 1.807) is 12.1 Å². The first-order chi connectivity index (χ1) is 9.72. The van der Waals surface area contributed by atoms with E-state index in [0.29, 0.717) is 16.5 Å². The predicted molar refractivity (Wildman–Crippen MR) is 80.1 cm³/mol. The fourth-order valence-corrected chi connectivity index (χ4v) is 1.91. The van der Waals surface area contributed by atoms with Crippen molar-refractivity contribution < 1.29 is 9.84 Å². The Morgan fingerprint density at radius 1 is 1.30 bits per heavy atom. The van der Waals surface area contributed by atoms with Crippen LogP contribution in [-0.2, 0) is 13.2 Å². The van der Waals surface area contributed by atoms with E-state index < -0.39 is 0 Å². The van der Waals surface area contributed by atoms with Crippen molar-refractivity contribution in [2.75, 3.05) is 11.9 Å². The minimum Gasteiger partial charge on any atom is -0.487 e. The summed E-state index contributed by atoms with van der Waals surface area (Å²) in [4.78, 5) is 4.40. The third-order valence-corrected chi connectivity index (χ3v) is 3.08. The molecule has 0 radical (unpaired) electrons. The number of nitrogens with zero attached hydrogens (tertiary/aromatic N) is 1. The number of aliphatic hydroxyl groups is 1. The van der Waals surface area contributed by atoms with Crippen LogP contribution in [0.2, 0.25) is 5.02 Å². The zero-order valence-corrected chi connectivity index (χ0v) is 12.0. The van der Waals surface area contributed by atoms with Crippen LogP contribution in [0.3, 0.4) is 0 Å². The van der Waals surface area contributed by atoms with Gasteiger partial charge in [0.2, 0.25) is 0 Å². The number of rotatable bonds is 6. The third-order valence-electron chi connectivity index (χ3n) is 2.73. The molecule has 1 aromatic heterocycles. The lowest BCUT2D eigenvalue weighted by Gasteiger charge is -2.10. The number of aliphatic hydroxyl groups excluding tert-OH is 1. The predicted octanol–water partition coefficient (Wildman–Crippen LogP) is 3.24. The van der Waals surface area contributed by atoms with E-state index in [4.69, 9.17) is 21.4 Å². The summed E-state index contributed by atoms with van der Waals surface area (Å²) < 4.78 is 5.66. The van der Waals surface area contributed by atoms with Gasteiger partial charge in [-0.25, -0.2) is 4.98 Å². The van der Waals surface area contributed by atoms with Gasteiger partial charge in [-0.15, -0.1) is 0 Å². The van der Waals surface area contributed by atoms with Crippen LogP contribution in [0.4, 0.5) is 5.82 Å². The molecule has 0 aliphatic heterocycles. The molecule has 0 saturated carbocycles. The quantitative estimate of drug-likeness (QED) is 0.858. The Morgan fingerprint density at radius 3 is 2.90 bits per heavy atom. The Balaban J connectivity index is 2.07. The first-order valence-corrected chi connectivity index (χ1v) is 6.82. The van der Waals surface area contributed by atoms with Gasteiger partial charge in [-0.3, -0.25) is 0 Å². The Morgan fingerprint density at radius 2 is 2.15 bits per heavy atom. The second-order valence-corrected chi connectivity index (χ2v) is 4.66. The van der Waals surface area contributed by atoms with E-state index in [0.717, 1.165) is 17.9 Å². The topological polar surface area (TPSA) is 54.4 Å². The Kier molecular flexibility index (Phi) is 5.21. The summed E-state index contributed by atoms with van der Waals surface area (Å²) in [5, 5.41) is 12.8. The third kappa shape index (κ3) is 3.85. The normalized spacial score (nSPS) is 10.3. The maximum atomic E-state index is 9.09. The smallest absolute Gasteiger partial charge is 0.132 e. The minimum atomic E-state index is -0.00783. The molecule has 0 aliphatic carbocycles. The fraction of sp³-hybridized carbons (Fsp3) is 0.267. The number of pyridine rings is 1. The van der Waals surface area contributed by atoms with Crippen molar-refractivity contribution in [2.45, 2.75) is 20.1 Å². The van der Waals surface area contributed by atoms with E-state index in [1.165, 1.54) is 0 Å². The van der Waals surface area contributed by atoms with Gasteiger partial charge in [0, 0.05) is 6.54 Å². The lowest BCUT2D eigenvalue weighted by atomic mass is 10.2. The van der Waals surface area contributed by atoms with Crippen molar-refractivity contribution in [3.05, 3.63) is 52.7 Å².